The third-order valence-electron chi connectivity index (χ3n) is 5.37. The number of carbonyl (C=O) groups excluding carboxylic acids is 1. The van der Waals surface area contributed by atoms with Crippen molar-refractivity contribution in [3.63, 3.8) is 0 Å². The second kappa shape index (κ2) is 10.1. The Morgan fingerprint density at radius 3 is 2.36 bits per heavy atom. The van der Waals surface area contributed by atoms with Crippen LogP contribution < -0.4 is 14.8 Å². The maximum absolute atomic E-state index is 13.8. The van der Waals surface area contributed by atoms with Crippen LogP contribution in [-0.4, -0.2) is 46.3 Å². The zero-order valence-corrected chi connectivity index (χ0v) is 18.5. The van der Waals surface area contributed by atoms with E-state index in [0.29, 0.717) is 30.7 Å². The van der Waals surface area contributed by atoms with E-state index in [9.17, 15) is 31.1 Å². The Hall–Kier alpha value is -3.74. The lowest BCUT2D eigenvalue weighted by Crippen LogP contribution is -2.38. The van der Waals surface area contributed by atoms with Gasteiger partial charge in [-0.25, -0.2) is 9.48 Å². The highest BCUT2D eigenvalue weighted by molar-refractivity contribution is 5.71. The van der Waals surface area contributed by atoms with E-state index in [1.165, 1.54) is 0 Å². The Kier molecular flexibility index (Phi) is 7.11. The van der Waals surface area contributed by atoms with Gasteiger partial charge in [-0.15, -0.1) is 13.2 Å². The van der Waals surface area contributed by atoms with Crippen molar-refractivity contribution >= 4 is 6.09 Å². The Morgan fingerprint density at radius 2 is 1.72 bits per heavy atom. The summed E-state index contributed by atoms with van der Waals surface area (Å²) < 4.78 is 87.4. The van der Waals surface area contributed by atoms with E-state index in [4.69, 9.17) is 4.74 Å². The molecule has 13 heteroatoms. The average molecular weight is 514 g/mol. The number of amides is 1. The molecule has 0 saturated carbocycles. The average Bonchev–Trinajstić information content (AvgIpc) is 3.40. The molecule has 0 radical (unpaired) electrons. The monoisotopic (exact) mass is 514 g/mol. The summed E-state index contributed by atoms with van der Waals surface area (Å²) in [6.07, 6.45) is -9.68. The Morgan fingerprint density at radius 1 is 1.03 bits per heavy atom. The minimum atomic E-state index is -4.98. The van der Waals surface area contributed by atoms with E-state index in [1.54, 1.807) is 0 Å². The lowest BCUT2D eigenvalue weighted by atomic mass is 10.2. The standard InChI is InChI=1S/C23H20F6N4O3/c24-22(25,26)20-19(12-30-33(20)17-6-8-18(9-7-17)36-23(27,28)29)35-21(34)31-16-10-11-32(14-16)13-15-4-2-1-3-5-15/h1-9,12,16H,10-11,13-14H2,(H,31,34). The molecule has 1 unspecified atom stereocenters. The van der Waals surface area contributed by atoms with E-state index in [-0.39, 0.29) is 11.7 Å². The molecule has 1 atom stereocenters. The summed E-state index contributed by atoms with van der Waals surface area (Å²) in [5.74, 6) is -1.45. The summed E-state index contributed by atoms with van der Waals surface area (Å²) in [5, 5.41) is 6.19. The zero-order valence-electron chi connectivity index (χ0n) is 18.5. The molecule has 0 aliphatic carbocycles. The van der Waals surface area contributed by atoms with Gasteiger partial charge in [0.1, 0.15) is 5.75 Å². The fourth-order valence-corrected chi connectivity index (χ4v) is 3.88. The molecule has 0 bridgehead atoms. The van der Waals surface area contributed by atoms with E-state index >= 15 is 0 Å². The molecule has 36 heavy (non-hydrogen) atoms. The first-order valence-corrected chi connectivity index (χ1v) is 10.7. The largest absolute Gasteiger partial charge is 0.573 e. The normalized spacial score (nSPS) is 16.7. The Balaban J connectivity index is 1.42. The van der Waals surface area contributed by atoms with Crippen LogP contribution in [0.4, 0.5) is 31.1 Å². The van der Waals surface area contributed by atoms with Gasteiger partial charge in [0.2, 0.25) is 0 Å². The number of benzene rings is 2. The predicted octanol–water partition coefficient (Wildman–Crippen LogP) is 5.15. The molecule has 1 N–H and O–H groups in total. The zero-order chi connectivity index (χ0) is 25.9. The summed E-state index contributed by atoms with van der Waals surface area (Å²) in [6, 6.07) is 13.0. The van der Waals surface area contributed by atoms with Crippen molar-refractivity contribution in [2.24, 2.45) is 0 Å². The highest BCUT2D eigenvalue weighted by atomic mass is 19.4. The van der Waals surface area contributed by atoms with Crippen LogP contribution in [0, 0.1) is 0 Å². The fraction of sp³-hybridized carbons (Fsp3) is 0.304. The number of hydrogen-bond donors (Lipinski definition) is 1. The van der Waals surface area contributed by atoms with Crippen molar-refractivity contribution in [1.29, 1.82) is 0 Å². The molecule has 0 spiro atoms. The SMILES string of the molecule is O=C(NC1CCN(Cc2ccccc2)C1)Oc1cnn(-c2ccc(OC(F)(F)F)cc2)c1C(F)(F)F. The molecule has 1 fully saturated rings. The van der Waals surface area contributed by atoms with Crippen LogP contribution >= 0.6 is 0 Å². The highest BCUT2D eigenvalue weighted by Crippen LogP contribution is 2.38. The van der Waals surface area contributed by atoms with Crippen molar-refractivity contribution in [2.75, 3.05) is 13.1 Å². The third kappa shape index (κ3) is 6.47. The van der Waals surface area contributed by atoms with E-state index in [1.807, 2.05) is 30.3 Å². The molecular formula is C23H20F6N4O3. The van der Waals surface area contributed by atoms with Gasteiger partial charge in [0.05, 0.1) is 11.9 Å². The summed E-state index contributed by atoms with van der Waals surface area (Å²) in [7, 11) is 0. The molecule has 192 valence electrons. The molecule has 4 rings (SSSR count). The van der Waals surface area contributed by atoms with Gasteiger partial charge in [0.25, 0.3) is 0 Å². The molecule has 7 nitrogen and oxygen atoms in total. The maximum atomic E-state index is 13.8. The topological polar surface area (TPSA) is 68.6 Å². The lowest BCUT2D eigenvalue weighted by Gasteiger charge is -2.17. The first-order chi connectivity index (χ1) is 17.0. The molecule has 1 aliphatic heterocycles. The highest BCUT2D eigenvalue weighted by Gasteiger charge is 2.41. The van der Waals surface area contributed by atoms with Crippen molar-refractivity contribution in [3.05, 3.63) is 72.1 Å². The third-order valence-corrected chi connectivity index (χ3v) is 5.37. The van der Waals surface area contributed by atoms with Crippen LogP contribution in [0.1, 0.15) is 17.7 Å². The van der Waals surface area contributed by atoms with Gasteiger partial charge in [0.15, 0.2) is 11.4 Å². The number of rotatable bonds is 6. The van der Waals surface area contributed by atoms with Crippen molar-refractivity contribution in [1.82, 2.24) is 20.0 Å². The number of nitrogens with one attached hydrogen (secondary N) is 1. The van der Waals surface area contributed by atoms with E-state index < -0.39 is 35.8 Å². The molecule has 1 aromatic heterocycles. The van der Waals surface area contributed by atoms with E-state index in [2.05, 4.69) is 20.1 Å². The van der Waals surface area contributed by atoms with Crippen LogP contribution in [0.2, 0.25) is 0 Å². The smallest absolute Gasteiger partial charge is 0.406 e. The number of likely N-dealkylation sites (tertiary alicyclic amines) is 1. The minimum Gasteiger partial charge on any atom is -0.406 e. The summed E-state index contributed by atoms with van der Waals surface area (Å²) in [5.41, 5.74) is -0.500. The second-order valence-corrected chi connectivity index (χ2v) is 8.05. The molecule has 2 aromatic carbocycles. The molecule has 2 heterocycles. The Bertz CT molecular complexity index is 1180. The summed E-state index contributed by atoms with van der Waals surface area (Å²) in [6.45, 7) is 1.87. The van der Waals surface area contributed by atoms with Crippen molar-refractivity contribution in [2.45, 2.75) is 31.5 Å². The molecule has 1 saturated heterocycles. The van der Waals surface area contributed by atoms with Crippen molar-refractivity contribution < 1.29 is 40.6 Å². The van der Waals surface area contributed by atoms with Gasteiger partial charge in [-0.3, -0.25) is 4.90 Å². The molecule has 1 amide bonds. The second-order valence-electron chi connectivity index (χ2n) is 8.05. The van der Waals surface area contributed by atoms with Crippen LogP contribution in [0.5, 0.6) is 11.5 Å². The number of nitrogens with zero attached hydrogens (tertiary/aromatic N) is 3. The summed E-state index contributed by atoms with van der Waals surface area (Å²) in [4.78, 5) is 14.5. The first kappa shape index (κ1) is 25.4. The maximum Gasteiger partial charge on any atom is 0.573 e. The number of carbonyl (C=O) groups is 1. The quantitative estimate of drug-likeness (QED) is 0.461. The number of halogens is 6. The van der Waals surface area contributed by atoms with Gasteiger partial charge in [-0.2, -0.15) is 18.3 Å². The van der Waals surface area contributed by atoms with Crippen LogP contribution in [0.3, 0.4) is 0 Å². The van der Waals surface area contributed by atoms with E-state index in [0.717, 1.165) is 36.0 Å². The van der Waals surface area contributed by atoms with Gasteiger partial charge in [-0.1, -0.05) is 30.3 Å². The minimum absolute atomic E-state index is 0.209. The van der Waals surface area contributed by atoms with Crippen LogP contribution in [-0.2, 0) is 12.7 Å². The lowest BCUT2D eigenvalue weighted by molar-refractivity contribution is -0.274. The number of ether oxygens (including phenoxy) is 2. The summed E-state index contributed by atoms with van der Waals surface area (Å²) >= 11 is 0. The number of aromatic nitrogens is 2. The predicted molar refractivity (Wildman–Crippen MR) is 115 cm³/mol. The van der Waals surface area contributed by atoms with Gasteiger partial charge < -0.3 is 14.8 Å². The van der Waals surface area contributed by atoms with Crippen molar-refractivity contribution in [3.8, 4) is 17.2 Å². The molecule has 1 aliphatic rings. The molecule has 3 aromatic rings. The fourth-order valence-electron chi connectivity index (χ4n) is 3.88. The van der Waals surface area contributed by atoms with Gasteiger partial charge in [0, 0.05) is 25.7 Å². The van der Waals surface area contributed by atoms with Gasteiger partial charge in [-0.05, 0) is 36.2 Å². The van der Waals surface area contributed by atoms with Gasteiger partial charge >= 0.3 is 18.6 Å². The van der Waals surface area contributed by atoms with Crippen LogP contribution in [0.25, 0.3) is 5.69 Å². The van der Waals surface area contributed by atoms with Crippen LogP contribution in [0.15, 0.2) is 60.8 Å². The molecular weight excluding hydrogens is 494 g/mol. The number of hydrogen-bond acceptors (Lipinski definition) is 5. The first-order valence-electron chi connectivity index (χ1n) is 10.7. The Labute approximate surface area is 201 Å². The number of alkyl halides is 6.